The van der Waals surface area contributed by atoms with Gasteiger partial charge in [-0.1, -0.05) is 6.08 Å². The fourth-order valence-electron chi connectivity index (χ4n) is 0.874. The van der Waals surface area contributed by atoms with Crippen LogP contribution in [0.2, 0.25) is 0 Å². The van der Waals surface area contributed by atoms with E-state index in [-0.39, 0.29) is 11.4 Å². The molecule has 0 radical (unpaired) electrons. The molecule has 58 valence electrons. The van der Waals surface area contributed by atoms with Gasteiger partial charge < -0.3 is 9.84 Å². The summed E-state index contributed by atoms with van der Waals surface area (Å²) >= 11 is 1.70. The minimum absolute atomic E-state index is 0.262. The molecule has 3 heteroatoms. The highest BCUT2D eigenvalue weighted by Gasteiger charge is 2.25. The minimum atomic E-state index is -0.273. The van der Waals surface area contributed by atoms with E-state index in [2.05, 4.69) is 6.58 Å². The third-order valence-electron chi connectivity index (χ3n) is 1.43. The van der Waals surface area contributed by atoms with E-state index in [0.717, 1.165) is 5.75 Å². The van der Waals surface area contributed by atoms with Crippen molar-refractivity contribution in [2.45, 2.75) is 11.4 Å². The van der Waals surface area contributed by atoms with Crippen molar-refractivity contribution < 1.29 is 9.84 Å². The lowest BCUT2D eigenvalue weighted by atomic mass is 10.3. The summed E-state index contributed by atoms with van der Waals surface area (Å²) < 4.78 is 5.06. The Kier molecular flexibility index (Phi) is 3.25. The molecule has 1 fully saturated rings. The van der Waals surface area contributed by atoms with Crippen molar-refractivity contribution in [3.05, 3.63) is 12.7 Å². The third kappa shape index (κ3) is 2.01. The van der Waals surface area contributed by atoms with Crippen LogP contribution in [0.25, 0.3) is 0 Å². The Morgan fingerprint density at radius 3 is 3.00 bits per heavy atom. The van der Waals surface area contributed by atoms with E-state index in [0.29, 0.717) is 13.2 Å². The molecule has 0 bridgehead atoms. The summed E-state index contributed by atoms with van der Waals surface area (Å²) in [7, 11) is 0. The maximum atomic E-state index is 9.24. The zero-order valence-corrected chi connectivity index (χ0v) is 6.64. The van der Waals surface area contributed by atoms with Crippen molar-refractivity contribution in [3.63, 3.8) is 0 Å². The Bertz CT molecular complexity index is 116. The molecule has 10 heavy (non-hydrogen) atoms. The van der Waals surface area contributed by atoms with Crippen LogP contribution in [0.4, 0.5) is 0 Å². The van der Waals surface area contributed by atoms with Crippen LogP contribution in [0.1, 0.15) is 0 Å². The number of rotatable bonds is 3. The summed E-state index contributed by atoms with van der Waals surface area (Å²) in [5, 5.41) is 9.50. The van der Waals surface area contributed by atoms with Crippen LogP contribution in [0.5, 0.6) is 0 Å². The molecule has 0 aliphatic carbocycles. The molecule has 0 amide bonds. The van der Waals surface area contributed by atoms with Gasteiger partial charge in [-0.05, 0) is 0 Å². The highest BCUT2D eigenvalue weighted by molar-refractivity contribution is 8.00. The molecule has 2 atom stereocenters. The van der Waals surface area contributed by atoms with E-state index in [1.54, 1.807) is 11.8 Å². The maximum absolute atomic E-state index is 9.24. The monoisotopic (exact) mass is 160 g/mol. The van der Waals surface area contributed by atoms with E-state index in [9.17, 15) is 5.11 Å². The second-order valence-electron chi connectivity index (χ2n) is 2.27. The first-order chi connectivity index (χ1) is 4.84. The van der Waals surface area contributed by atoms with Gasteiger partial charge in [-0.2, -0.15) is 0 Å². The van der Waals surface area contributed by atoms with Crippen LogP contribution in [0.3, 0.4) is 0 Å². The number of aliphatic hydroxyl groups is 1. The summed E-state index contributed by atoms with van der Waals surface area (Å²) in [5.41, 5.74) is 0. The molecule has 2 nitrogen and oxygen atoms in total. The van der Waals surface area contributed by atoms with Crippen molar-refractivity contribution in [1.29, 1.82) is 0 Å². The van der Waals surface area contributed by atoms with Crippen LogP contribution in [0.15, 0.2) is 12.7 Å². The molecule has 1 heterocycles. The summed E-state index contributed by atoms with van der Waals surface area (Å²) in [5.74, 6) is 0.894. The largest absolute Gasteiger partial charge is 0.389 e. The summed E-state index contributed by atoms with van der Waals surface area (Å²) in [6.45, 7) is 4.78. The average Bonchev–Trinajstić information content (AvgIpc) is 2.31. The van der Waals surface area contributed by atoms with Gasteiger partial charge in [0.15, 0.2) is 0 Å². The smallest absolute Gasteiger partial charge is 0.0914 e. The van der Waals surface area contributed by atoms with Gasteiger partial charge in [0.25, 0.3) is 0 Å². The van der Waals surface area contributed by atoms with Crippen LogP contribution >= 0.6 is 11.8 Å². The fourth-order valence-corrected chi connectivity index (χ4v) is 1.75. The quantitative estimate of drug-likeness (QED) is 0.615. The first-order valence-corrected chi connectivity index (χ1v) is 4.38. The lowest BCUT2D eigenvalue weighted by molar-refractivity contribution is 0.127. The van der Waals surface area contributed by atoms with E-state index in [4.69, 9.17) is 4.74 Å². The fraction of sp³-hybridized carbons (Fsp3) is 0.714. The molecule has 0 aromatic rings. The molecule has 1 aliphatic rings. The first-order valence-electron chi connectivity index (χ1n) is 3.33. The van der Waals surface area contributed by atoms with E-state index in [1.165, 1.54) is 0 Å². The Morgan fingerprint density at radius 2 is 2.50 bits per heavy atom. The van der Waals surface area contributed by atoms with Gasteiger partial charge in [0.1, 0.15) is 0 Å². The Balaban J connectivity index is 2.19. The van der Waals surface area contributed by atoms with Crippen LogP contribution in [-0.2, 0) is 4.74 Å². The van der Waals surface area contributed by atoms with E-state index in [1.807, 2.05) is 6.08 Å². The summed E-state index contributed by atoms with van der Waals surface area (Å²) in [6, 6.07) is 0. The molecule has 1 rings (SSSR count). The van der Waals surface area contributed by atoms with Crippen molar-refractivity contribution >= 4 is 11.8 Å². The Hall–Kier alpha value is 0.01000. The van der Waals surface area contributed by atoms with Gasteiger partial charge in [0, 0.05) is 5.75 Å². The number of hydrogen-bond donors (Lipinski definition) is 1. The predicted octanol–water partition coefficient (Wildman–Crippen LogP) is 0.665. The molecule has 0 saturated carbocycles. The molecule has 2 unspecified atom stereocenters. The minimum Gasteiger partial charge on any atom is -0.389 e. The molecule has 1 saturated heterocycles. The van der Waals surface area contributed by atoms with Gasteiger partial charge >= 0.3 is 0 Å². The number of thioether (sulfide) groups is 1. The average molecular weight is 160 g/mol. The van der Waals surface area contributed by atoms with Crippen LogP contribution in [-0.4, -0.2) is 35.4 Å². The molecule has 0 spiro atoms. The van der Waals surface area contributed by atoms with Crippen molar-refractivity contribution in [1.82, 2.24) is 0 Å². The van der Waals surface area contributed by atoms with E-state index >= 15 is 0 Å². The highest BCUT2D eigenvalue weighted by Crippen LogP contribution is 2.20. The van der Waals surface area contributed by atoms with Crippen molar-refractivity contribution in [2.24, 2.45) is 0 Å². The van der Waals surface area contributed by atoms with Crippen molar-refractivity contribution in [2.75, 3.05) is 19.0 Å². The first kappa shape index (κ1) is 8.11. The zero-order valence-electron chi connectivity index (χ0n) is 5.82. The lowest BCUT2D eigenvalue weighted by Crippen LogP contribution is -2.20. The predicted molar refractivity (Wildman–Crippen MR) is 43.3 cm³/mol. The highest BCUT2D eigenvalue weighted by atomic mass is 32.2. The number of hydrogen-bond acceptors (Lipinski definition) is 3. The molecule has 0 aromatic heterocycles. The molecule has 1 N–H and O–H groups in total. The SMILES string of the molecule is C=CCSC1COCC1O. The molecule has 1 aliphatic heterocycles. The van der Waals surface area contributed by atoms with E-state index < -0.39 is 0 Å². The van der Waals surface area contributed by atoms with Crippen LogP contribution in [0, 0.1) is 0 Å². The molecular formula is C7H12O2S. The summed E-state index contributed by atoms with van der Waals surface area (Å²) in [4.78, 5) is 0. The number of aliphatic hydroxyl groups excluding tert-OH is 1. The second-order valence-corrected chi connectivity index (χ2v) is 3.54. The molecule has 0 aromatic carbocycles. The van der Waals surface area contributed by atoms with Crippen molar-refractivity contribution in [3.8, 4) is 0 Å². The standard InChI is InChI=1S/C7H12O2S/c1-2-3-10-7-5-9-4-6(7)8/h2,6-8H,1,3-5H2. The normalized spacial score (nSPS) is 32.5. The Labute approximate surface area is 65.3 Å². The molecular weight excluding hydrogens is 148 g/mol. The van der Waals surface area contributed by atoms with Crippen LogP contribution < -0.4 is 0 Å². The van der Waals surface area contributed by atoms with Gasteiger partial charge in [-0.25, -0.2) is 0 Å². The number of ether oxygens (including phenoxy) is 1. The third-order valence-corrected chi connectivity index (χ3v) is 2.73. The van der Waals surface area contributed by atoms with Gasteiger partial charge in [-0.15, -0.1) is 18.3 Å². The van der Waals surface area contributed by atoms with Gasteiger partial charge in [0.2, 0.25) is 0 Å². The topological polar surface area (TPSA) is 29.5 Å². The van der Waals surface area contributed by atoms with Gasteiger partial charge in [0.05, 0.1) is 24.6 Å². The lowest BCUT2D eigenvalue weighted by Gasteiger charge is -2.08. The maximum Gasteiger partial charge on any atom is 0.0914 e. The second kappa shape index (κ2) is 4.01. The summed E-state index contributed by atoms with van der Waals surface area (Å²) in [6.07, 6.45) is 1.57. The Morgan fingerprint density at radius 1 is 1.70 bits per heavy atom. The zero-order chi connectivity index (χ0) is 7.40. The van der Waals surface area contributed by atoms with Gasteiger partial charge in [-0.3, -0.25) is 0 Å².